The van der Waals surface area contributed by atoms with Gasteiger partial charge in [0.05, 0.1) is 12.0 Å². The molecule has 9 heteroatoms. The van der Waals surface area contributed by atoms with E-state index in [4.69, 9.17) is 4.42 Å². The minimum atomic E-state index is -0.323. The fourth-order valence-corrected chi connectivity index (χ4v) is 4.86. The van der Waals surface area contributed by atoms with Crippen molar-refractivity contribution in [1.82, 2.24) is 25.1 Å². The van der Waals surface area contributed by atoms with Crippen molar-refractivity contribution in [2.45, 2.75) is 25.3 Å². The molecule has 0 saturated heterocycles. The average Bonchev–Trinajstić information content (AvgIpc) is 3.43. The Hall–Kier alpha value is -2.52. The maximum atomic E-state index is 13.1. The minimum absolute atomic E-state index is 0.0606. The standard InChI is InChI=1S/C19H16BrN5O2S/c20-19-24-23-15(28-19)5-6-16(26)25-8-7-12-17(22-10-21-12)18(25)14-9-11-3-1-2-4-13(11)27-14/h1-4,9-10,18H,5-8H2,(H,21,22)/t18-/m1/s1. The van der Waals surface area contributed by atoms with Gasteiger partial charge < -0.3 is 14.3 Å². The number of imidazole rings is 1. The fraction of sp³-hybridized carbons (Fsp3) is 0.263. The third-order valence-electron chi connectivity index (χ3n) is 4.95. The number of nitrogens with zero attached hydrogens (tertiary/aromatic N) is 4. The maximum absolute atomic E-state index is 13.1. The molecule has 1 amide bonds. The van der Waals surface area contributed by atoms with Crippen LogP contribution in [0.5, 0.6) is 0 Å². The topological polar surface area (TPSA) is 87.9 Å². The number of H-pyrrole nitrogens is 1. The van der Waals surface area contributed by atoms with Gasteiger partial charge in [0.25, 0.3) is 0 Å². The summed E-state index contributed by atoms with van der Waals surface area (Å²) < 4.78 is 6.84. The molecule has 7 nitrogen and oxygen atoms in total. The zero-order valence-corrected chi connectivity index (χ0v) is 17.2. The molecular formula is C19H16BrN5O2S. The van der Waals surface area contributed by atoms with Gasteiger partial charge in [-0.05, 0) is 28.1 Å². The van der Waals surface area contributed by atoms with Crippen LogP contribution in [0.3, 0.4) is 0 Å². The van der Waals surface area contributed by atoms with Crippen molar-refractivity contribution in [2.24, 2.45) is 0 Å². The van der Waals surface area contributed by atoms with E-state index in [1.165, 1.54) is 11.3 Å². The number of hydrogen-bond donors (Lipinski definition) is 1. The summed E-state index contributed by atoms with van der Waals surface area (Å²) in [6, 6.07) is 9.55. The molecule has 1 aliphatic rings. The van der Waals surface area contributed by atoms with E-state index in [9.17, 15) is 4.79 Å². The van der Waals surface area contributed by atoms with Crippen molar-refractivity contribution < 1.29 is 9.21 Å². The fourth-order valence-electron chi connectivity index (χ4n) is 3.66. The van der Waals surface area contributed by atoms with E-state index in [0.29, 0.717) is 19.4 Å². The SMILES string of the molecule is O=C(CCc1nnc(Br)s1)N1CCc2[nH]cnc2[C@H]1c1cc2ccccc2o1. The highest BCUT2D eigenvalue weighted by Crippen LogP contribution is 2.36. The highest BCUT2D eigenvalue weighted by atomic mass is 79.9. The van der Waals surface area contributed by atoms with Crippen LogP contribution >= 0.6 is 27.3 Å². The lowest BCUT2D eigenvalue weighted by atomic mass is 9.99. The van der Waals surface area contributed by atoms with Crippen LogP contribution in [0.4, 0.5) is 0 Å². The Kier molecular flexibility index (Phi) is 4.48. The van der Waals surface area contributed by atoms with Gasteiger partial charge in [0.15, 0.2) is 3.92 Å². The van der Waals surface area contributed by atoms with Gasteiger partial charge in [0.2, 0.25) is 5.91 Å². The summed E-state index contributed by atoms with van der Waals surface area (Å²) in [5.41, 5.74) is 2.73. The first-order chi connectivity index (χ1) is 13.7. The number of benzene rings is 1. The second kappa shape index (κ2) is 7.14. The molecule has 0 unspecified atom stereocenters. The molecule has 1 atom stereocenters. The molecule has 4 heterocycles. The molecule has 4 aromatic rings. The molecule has 142 valence electrons. The first-order valence-corrected chi connectivity index (χ1v) is 10.6. The Morgan fingerprint density at radius 2 is 2.25 bits per heavy atom. The zero-order valence-electron chi connectivity index (χ0n) is 14.8. The summed E-state index contributed by atoms with van der Waals surface area (Å²) in [6.07, 6.45) is 3.38. The molecule has 5 rings (SSSR count). The number of carbonyl (C=O) groups is 1. The van der Waals surface area contributed by atoms with E-state index in [2.05, 4.69) is 36.1 Å². The quantitative estimate of drug-likeness (QED) is 0.502. The van der Waals surface area contributed by atoms with Gasteiger partial charge in [-0.25, -0.2) is 4.98 Å². The molecule has 1 aliphatic heterocycles. The van der Waals surface area contributed by atoms with Gasteiger partial charge in [-0.2, -0.15) is 0 Å². The molecule has 28 heavy (non-hydrogen) atoms. The van der Waals surface area contributed by atoms with Crippen LogP contribution in [0.25, 0.3) is 11.0 Å². The lowest BCUT2D eigenvalue weighted by Gasteiger charge is -2.33. The van der Waals surface area contributed by atoms with Crippen LogP contribution in [-0.4, -0.2) is 37.5 Å². The molecular weight excluding hydrogens is 442 g/mol. The number of halogens is 1. The van der Waals surface area contributed by atoms with E-state index >= 15 is 0 Å². The Morgan fingerprint density at radius 3 is 3.07 bits per heavy atom. The van der Waals surface area contributed by atoms with Crippen LogP contribution in [0.15, 0.2) is 45.0 Å². The van der Waals surface area contributed by atoms with Crippen LogP contribution < -0.4 is 0 Å². The summed E-state index contributed by atoms with van der Waals surface area (Å²) in [5.74, 6) is 0.798. The summed E-state index contributed by atoms with van der Waals surface area (Å²) in [6.45, 7) is 0.621. The number of amides is 1. The zero-order chi connectivity index (χ0) is 19.1. The number of aromatic nitrogens is 4. The molecule has 0 bridgehead atoms. The third kappa shape index (κ3) is 3.14. The Labute approximate surface area is 172 Å². The third-order valence-corrected chi connectivity index (χ3v) is 6.37. The molecule has 0 fully saturated rings. The van der Waals surface area contributed by atoms with Crippen LogP contribution in [0.2, 0.25) is 0 Å². The normalized spacial score (nSPS) is 16.5. The highest BCUT2D eigenvalue weighted by molar-refractivity contribution is 9.11. The second-order valence-corrected chi connectivity index (χ2v) is 8.98. The number of fused-ring (bicyclic) bond motifs is 2. The second-order valence-electron chi connectivity index (χ2n) is 6.64. The summed E-state index contributed by atoms with van der Waals surface area (Å²) in [5, 5.41) is 9.89. The molecule has 3 aromatic heterocycles. The van der Waals surface area contributed by atoms with E-state index in [1.54, 1.807) is 6.33 Å². The largest absolute Gasteiger partial charge is 0.458 e. The van der Waals surface area contributed by atoms with Crippen molar-refractivity contribution in [3.05, 3.63) is 62.7 Å². The number of aromatic amines is 1. The molecule has 0 aliphatic carbocycles. The number of para-hydroxylation sites is 1. The monoisotopic (exact) mass is 457 g/mol. The number of aryl methyl sites for hydroxylation is 1. The minimum Gasteiger partial charge on any atom is -0.458 e. The summed E-state index contributed by atoms with van der Waals surface area (Å²) in [7, 11) is 0. The lowest BCUT2D eigenvalue weighted by Crippen LogP contribution is -2.40. The van der Waals surface area contributed by atoms with Crippen LogP contribution in [0, 0.1) is 0 Å². The molecule has 0 spiro atoms. The number of hydrogen-bond acceptors (Lipinski definition) is 6. The number of furan rings is 1. The Morgan fingerprint density at radius 1 is 1.36 bits per heavy atom. The summed E-state index contributed by atoms with van der Waals surface area (Å²) in [4.78, 5) is 22.7. The maximum Gasteiger partial charge on any atom is 0.223 e. The molecule has 1 N–H and O–H groups in total. The molecule has 0 radical (unpaired) electrons. The van der Waals surface area contributed by atoms with Gasteiger partial charge >= 0.3 is 0 Å². The highest BCUT2D eigenvalue weighted by Gasteiger charge is 2.36. The van der Waals surface area contributed by atoms with Gasteiger partial charge in [-0.3, -0.25) is 4.79 Å². The lowest BCUT2D eigenvalue weighted by molar-refractivity contribution is -0.133. The van der Waals surface area contributed by atoms with Crippen molar-refractivity contribution in [1.29, 1.82) is 0 Å². The molecule has 1 aromatic carbocycles. The predicted octanol–water partition coefficient (Wildman–Crippen LogP) is 3.88. The Bertz CT molecular complexity index is 1120. The number of carbonyl (C=O) groups excluding carboxylic acids is 1. The average molecular weight is 458 g/mol. The van der Waals surface area contributed by atoms with E-state index in [-0.39, 0.29) is 11.9 Å². The predicted molar refractivity (Wildman–Crippen MR) is 108 cm³/mol. The van der Waals surface area contributed by atoms with Crippen molar-refractivity contribution in [3.8, 4) is 0 Å². The first-order valence-electron chi connectivity index (χ1n) is 8.97. The summed E-state index contributed by atoms with van der Waals surface area (Å²) >= 11 is 4.77. The first kappa shape index (κ1) is 17.6. The number of nitrogens with one attached hydrogen (secondary N) is 1. The van der Waals surface area contributed by atoms with Crippen molar-refractivity contribution in [2.75, 3.05) is 6.54 Å². The van der Waals surface area contributed by atoms with E-state index in [1.807, 2.05) is 35.2 Å². The van der Waals surface area contributed by atoms with E-state index < -0.39 is 0 Å². The Balaban J connectivity index is 1.46. The van der Waals surface area contributed by atoms with Crippen LogP contribution in [-0.2, 0) is 17.6 Å². The molecule has 0 saturated carbocycles. The van der Waals surface area contributed by atoms with Crippen LogP contribution in [0.1, 0.15) is 34.6 Å². The van der Waals surface area contributed by atoms with Crippen molar-refractivity contribution >= 4 is 44.1 Å². The van der Waals surface area contributed by atoms with Gasteiger partial charge in [-0.15, -0.1) is 10.2 Å². The van der Waals surface area contributed by atoms with Gasteiger partial charge in [0, 0.05) is 36.9 Å². The van der Waals surface area contributed by atoms with Gasteiger partial charge in [0.1, 0.15) is 22.4 Å². The van der Waals surface area contributed by atoms with E-state index in [0.717, 1.165) is 43.5 Å². The smallest absolute Gasteiger partial charge is 0.223 e. The van der Waals surface area contributed by atoms with Crippen molar-refractivity contribution in [3.63, 3.8) is 0 Å². The van der Waals surface area contributed by atoms with Gasteiger partial charge in [-0.1, -0.05) is 29.5 Å². The number of rotatable bonds is 4.